The number of thioether (sulfide) groups is 1. The van der Waals surface area contributed by atoms with Gasteiger partial charge in [-0.1, -0.05) is 54.2 Å². The molecule has 2 N–H and O–H groups in total. The van der Waals surface area contributed by atoms with Gasteiger partial charge in [0.15, 0.2) is 5.17 Å². The monoisotopic (exact) mass is 406 g/mol. The maximum Gasteiger partial charge on any atom is 0.305 e. The third-order valence-corrected chi connectivity index (χ3v) is 5.56. The normalized spacial score (nSPS) is 18.0. The molecule has 0 radical (unpaired) electrons. The number of carbonyl (C=O) groups is 2. The minimum atomic E-state index is -1.02. The highest BCUT2D eigenvalue weighted by Gasteiger charge is 2.32. The lowest BCUT2D eigenvalue weighted by molar-refractivity contribution is -0.138. The number of nitrogens with zero attached hydrogens (tertiary/aromatic N) is 3. The van der Waals surface area contributed by atoms with Crippen LogP contribution in [0.4, 0.5) is 0 Å². The molecule has 0 bridgehead atoms. The van der Waals surface area contributed by atoms with Crippen molar-refractivity contribution in [2.24, 2.45) is 10.2 Å². The van der Waals surface area contributed by atoms with Crippen LogP contribution in [0.15, 0.2) is 71.0 Å². The van der Waals surface area contributed by atoms with Crippen LogP contribution in [0, 0.1) is 0 Å². The van der Waals surface area contributed by atoms with Crippen molar-refractivity contribution in [2.45, 2.75) is 18.2 Å². The second-order valence-corrected chi connectivity index (χ2v) is 7.78. The number of fused-ring (bicyclic) bond motifs is 1. The molecule has 1 saturated heterocycles. The van der Waals surface area contributed by atoms with Crippen molar-refractivity contribution in [3.8, 4) is 0 Å². The Morgan fingerprint density at radius 2 is 2.03 bits per heavy atom. The Kier molecular flexibility index (Phi) is 5.44. The summed E-state index contributed by atoms with van der Waals surface area (Å²) in [6, 6.07) is 18.3. The summed E-state index contributed by atoms with van der Waals surface area (Å²) in [7, 11) is 0. The zero-order valence-electron chi connectivity index (χ0n) is 15.4. The van der Waals surface area contributed by atoms with Crippen LogP contribution in [0.1, 0.15) is 17.5 Å². The predicted octanol–water partition coefficient (Wildman–Crippen LogP) is 3.09. The molecule has 0 saturated carbocycles. The molecule has 1 aliphatic heterocycles. The van der Waals surface area contributed by atoms with Crippen molar-refractivity contribution in [3.63, 3.8) is 0 Å². The standard InChI is InChI=1S/C21H18N4O3S/c26-19(27)11-18-20(28)23-21(29-18)24-22-12-15-6-7-16-8-9-25(17(16)10-15)13-14-4-2-1-3-5-14/h1-10,12,18H,11,13H2,(H,26,27)(H,23,24,28). The van der Waals surface area contributed by atoms with Crippen LogP contribution in [-0.2, 0) is 16.1 Å². The molecular weight excluding hydrogens is 388 g/mol. The van der Waals surface area contributed by atoms with Crippen molar-refractivity contribution >= 4 is 45.9 Å². The number of carbonyl (C=O) groups excluding carboxylic acids is 1. The molecule has 1 amide bonds. The summed E-state index contributed by atoms with van der Waals surface area (Å²) in [5.74, 6) is -1.37. The summed E-state index contributed by atoms with van der Waals surface area (Å²) in [5, 5.41) is 20.2. The highest BCUT2D eigenvalue weighted by atomic mass is 32.2. The van der Waals surface area contributed by atoms with Crippen LogP contribution in [0.5, 0.6) is 0 Å². The number of hydrogen-bond donors (Lipinski definition) is 2. The third kappa shape index (κ3) is 4.55. The maximum atomic E-state index is 11.7. The highest BCUT2D eigenvalue weighted by Crippen LogP contribution is 2.22. The first-order valence-electron chi connectivity index (χ1n) is 9.01. The Morgan fingerprint density at radius 3 is 2.83 bits per heavy atom. The lowest BCUT2D eigenvalue weighted by atomic mass is 10.2. The van der Waals surface area contributed by atoms with E-state index in [2.05, 4.69) is 44.5 Å². The van der Waals surface area contributed by atoms with Crippen LogP contribution in [-0.4, -0.2) is 38.2 Å². The van der Waals surface area contributed by atoms with Crippen LogP contribution < -0.4 is 5.32 Å². The molecule has 1 atom stereocenters. The fourth-order valence-corrected chi connectivity index (χ4v) is 4.01. The van der Waals surface area contributed by atoms with E-state index in [0.29, 0.717) is 5.17 Å². The van der Waals surface area contributed by atoms with Crippen LogP contribution >= 0.6 is 11.8 Å². The first kappa shape index (κ1) is 18.9. The number of benzene rings is 2. The molecule has 4 rings (SSSR count). The van der Waals surface area contributed by atoms with Gasteiger partial charge in [0.05, 0.1) is 12.6 Å². The maximum absolute atomic E-state index is 11.7. The van der Waals surface area contributed by atoms with Crippen molar-refractivity contribution in [2.75, 3.05) is 0 Å². The fourth-order valence-electron chi connectivity index (χ4n) is 3.09. The molecule has 7 nitrogen and oxygen atoms in total. The fraction of sp³-hybridized carbons (Fsp3) is 0.143. The van der Waals surface area contributed by atoms with E-state index >= 15 is 0 Å². The smallest absolute Gasteiger partial charge is 0.305 e. The summed E-state index contributed by atoms with van der Waals surface area (Å²) < 4.78 is 2.18. The van der Waals surface area contributed by atoms with Crippen molar-refractivity contribution in [1.29, 1.82) is 0 Å². The first-order valence-corrected chi connectivity index (χ1v) is 9.89. The van der Waals surface area contributed by atoms with E-state index < -0.39 is 11.2 Å². The van der Waals surface area contributed by atoms with E-state index in [-0.39, 0.29) is 12.3 Å². The number of aliphatic carboxylic acids is 1. The average molecular weight is 406 g/mol. The molecular formula is C21H18N4O3S. The van der Waals surface area contributed by atoms with Gasteiger partial charge in [-0.05, 0) is 28.6 Å². The Morgan fingerprint density at radius 1 is 1.21 bits per heavy atom. The molecule has 29 heavy (non-hydrogen) atoms. The minimum Gasteiger partial charge on any atom is -0.481 e. The molecule has 8 heteroatoms. The molecule has 146 valence electrons. The van der Waals surface area contributed by atoms with Crippen LogP contribution in [0.25, 0.3) is 10.9 Å². The summed E-state index contributed by atoms with van der Waals surface area (Å²) in [4.78, 5) is 22.5. The van der Waals surface area contributed by atoms with Gasteiger partial charge in [-0.25, -0.2) is 0 Å². The minimum absolute atomic E-state index is 0.242. The van der Waals surface area contributed by atoms with E-state index in [4.69, 9.17) is 5.11 Å². The first-order chi connectivity index (χ1) is 14.1. The SMILES string of the molecule is O=C(O)CC1SC(=NN=Cc2ccc3ccn(Cc4ccccc4)c3c2)NC1=O. The summed E-state index contributed by atoms with van der Waals surface area (Å²) in [6.45, 7) is 0.779. The Labute approximate surface area is 171 Å². The average Bonchev–Trinajstić information content (AvgIpc) is 3.25. The number of amides is 1. The van der Waals surface area contributed by atoms with Gasteiger partial charge in [0.1, 0.15) is 5.25 Å². The second kappa shape index (κ2) is 8.32. The highest BCUT2D eigenvalue weighted by molar-refractivity contribution is 8.15. The largest absolute Gasteiger partial charge is 0.481 e. The van der Waals surface area contributed by atoms with E-state index in [1.165, 1.54) is 5.56 Å². The summed E-state index contributed by atoms with van der Waals surface area (Å²) in [6.07, 6.45) is 3.43. The number of hydrogen-bond acceptors (Lipinski definition) is 5. The third-order valence-electron chi connectivity index (χ3n) is 4.49. The van der Waals surface area contributed by atoms with Crippen LogP contribution in [0.2, 0.25) is 0 Å². The Balaban J connectivity index is 1.49. The number of aromatic nitrogens is 1. The Bertz CT molecular complexity index is 1120. The van der Waals surface area contributed by atoms with E-state index in [1.807, 2.05) is 36.4 Å². The summed E-state index contributed by atoms with van der Waals surface area (Å²) >= 11 is 1.08. The molecule has 2 heterocycles. The van der Waals surface area contributed by atoms with Gasteiger partial charge in [0.25, 0.3) is 0 Å². The zero-order valence-corrected chi connectivity index (χ0v) is 16.2. The van der Waals surface area contributed by atoms with Gasteiger partial charge >= 0.3 is 5.97 Å². The van der Waals surface area contributed by atoms with Crippen molar-refractivity contribution in [1.82, 2.24) is 9.88 Å². The topological polar surface area (TPSA) is 96.0 Å². The lowest BCUT2D eigenvalue weighted by Gasteiger charge is -2.06. The molecule has 1 unspecified atom stereocenters. The molecule has 3 aromatic rings. The lowest BCUT2D eigenvalue weighted by Crippen LogP contribution is -2.26. The number of rotatable bonds is 6. The predicted molar refractivity (Wildman–Crippen MR) is 114 cm³/mol. The second-order valence-electron chi connectivity index (χ2n) is 6.59. The van der Waals surface area contributed by atoms with Crippen LogP contribution in [0.3, 0.4) is 0 Å². The van der Waals surface area contributed by atoms with Gasteiger partial charge in [-0.3, -0.25) is 9.59 Å². The van der Waals surface area contributed by atoms with E-state index in [0.717, 1.165) is 34.8 Å². The zero-order chi connectivity index (χ0) is 20.2. The van der Waals surface area contributed by atoms with Gasteiger partial charge in [-0.2, -0.15) is 5.10 Å². The van der Waals surface area contributed by atoms with Crippen molar-refractivity contribution in [3.05, 3.63) is 71.9 Å². The van der Waals surface area contributed by atoms with E-state index in [9.17, 15) is 9.59 Å². The van der Waals surface area contributed by atoms with Gasteiger partial charge in [-0.15, -0.1) is 5.10 Å². The molecule has 1 aromatic heterocycles. The van der Waals surface area contributed by atoms with E-state index in [1.54, 1.807) is 6.21 Å². The molecule has 0 aliphatic carbocycles. The van der Waals surface area contributed by atoms with Crippen molar-refractivity contribution < 1.29 is 14.7 Å². The number of amidine groups is 1. The molecule has 1 fully saturated rings. The quantitative estimate of drug-likeness (QED) is 0.486. The summed E-state index contributed by atoms with van der Waals surface area (Å²) in [5.41, 5.74) is 3.20. The number of carboxylic acids is 1. The Hall–Kier alpha value is -3.39. The molecule has 1 aliphatic rings. The molecule has 0 spiro atoms. The van der Waals surface area contributed by atoms with Gasteiger partial charge < -0.3 is 15.0 Å². The number of carboxylic acid groups (broad SMARTS) is 1. The van der Waals surface area contributed by atoms with Gasteiger partial charge in [0, 0.05) is 18.3 Å². The number of nitrogens with one attached hydrogen (secondary N) is 1. The molecule has 2 aromatic carbocycles. The van der Waals surface area contributed by atoms with Gasteiger partial charge in [0.2, 0.25) is 5.91 Å².